The van der Waals surface area contributed by atoms with Gasteiger partial charge in [0.15, 0.2) is 5.76 Å². The second-order valence-electron chi connectivity index (χ2n) is 8.45. The molecule has 35 heavy (non-hydrogen) atoms. The van der Waals surface area contributed by atoms with Gasteiger partial charge in [0.05, 0.1) is 30.1 Å². The van der Waals surface area contributed by atoms with Gasteiger partial charge in [0, 0.05) is 36.0 Å². The number of urea groups is 1. The van der Waals surface area contributed by atoms with Crippen molar-refractivity contribution in [3.63, 3.8) is 0 Å². The Balaban J connectivity index is 1.57. The molecule has 0 bridgehead atoms. The lowest BCUT2D eigenvalue weighted by Gasteiger charge is -2.19. The van der Waals surface area contributed by atoms with Crippen LogP contribution in [0.2, 0.25) is 0 Å². The number of rotatable bonds is 4. The topological polar surface area (TPSA) is 117 Å². The van der Waals surface area contributed by atoms with Crippen LogP contribution in [0.4, 0.5) is 20.6 Å². The maximum Gasteiger partial charge on any atom is 0.318 e. The van der Waals surface area contributed by atoms with Gasteiger partial charge in [-0.15, -0.1) is 0 Å². The second-order valence-corrected chi connectivity index (χ2v) is 8.45. The van der Waals surface area contributed by atoms with E-state index in [0.29, 0.717) is 34.0 Å². The van der Waals surface area contributed by atoms with Crippen molar-refractivity contribution >= 4 is 23.2 Å². The number of hydrogen-bond acceptors (Lipinski definition) is 6. The molecule has 0 saturated heterocycles. The first-order valence-corrected chi connectivity index (χ1v) is 11.0. The molecule has 180 valence electrons. The summed E-state index contributed by atoms with van der Waals surface area (Å²) in [5, 5.41) is 15.7. The molecule has 2 atom stereocenters. The summed E-state index contributed by atoms with van der Waals surface area (Å²) in [7, 11) is 2.98. The normalized spacial score (nSPS) is 19.1. The summed E-state index contributed by atoms with van der Waals surface area (Å²) < 4.78 is 26.2. The highest BCUT2D eigenvalue weighted by molar-refractivity contribution is 6.13. The van der Waals surface area contributed by atoms with Gasteiger partial charge in [0.1, 0.15) is 17.3 Å². The van der Waals surface area contributed by atoms with Crippen molar-refractivity contribution in [2.24, 2.45) is 0 Å². The number of anilines is 2. The van der Waals surface area contributed by atoms with Crippen LogP contribution in [0.5, 0.6) is 11.5 Å². The van der Waals surface area contributed by atoms with E-state index in [0.717, 1.165) is 17.0 Å². The molecule has 1 aromatic heterocycles. The number of amides is 2. The van der Waals surface area contributed by atoms with E-state index in [1.807, 2.05) is 13.8 Å². The van der Waals surface area contributed by atoms with E-state index < -0.39 is 17.8 Å². The first-order valence-electron chi connectivity index (χ1n) is 11.0. The van der Waals surface area contributed by atoms with Gasteiger partial charge in [0.25, 0.3) is 0 Å². The average molecular weight is 477 g/mol. The molecule has 0 spiro atoms. The summed E-state index contributed by atoms with van der Waals surface area (Å²) in [6.07, 6.45) is 1.71. The minimum absolute atomic E-state index is 0.128. The molecule has 10 heteroatoms. The zero-order chi connectivity index (χ0) is 24.9. The molecule has 2 aromatic carbocycles. The number of Topliss-reactive ketones (excluding diaryl/α,β-unsaturated/α-hetero) is 1. The lowest BCUT2D eigenvalue weighted by Crippen LogP contribution is -2.24. The number of H-pyrrole nitrogens is 1. The third-order valence-electron chi connectivity index (χ3n) is 6.33. The monoisotopic (exact) mass is 477 g/mol. The Labute approximate surface area is 200 Å². The molecule has 9 nitrogen and oxygen atoms in total. The summed E-state index contributed by atoms with van der Waals surface area (Å²) in [6.45, 7) is 3.77. The molecular formula is C25H24FN5O4. The Morgan fingerprint density at radius 2 is 2.06 bits per heavy atom. The summed E-state index contributed by atoms with van der Waals surface area (Å²) >= 11 is 0. The maximum absolute atomic E-state index is 15.0. The maximum atomic E-state index is 15.0. The molecule has 2 aliphatic heterocycles. The third-order valence-corrected chi connectivity index (χ3v) is 6.33. The van der Waals surface area contributed by atoms with Gasteiger partial charge >= 0.3 is 6.03 Å². The Hall–Kier alpha value is -4.34. The number of methoxy groups -OCH3 is 1. The van der Waals surface area contributed by atoms with Crippen LogP contribution in [0.25, 0.3) is 0 Å². The first-order chi connectivity index (χ1) is 16.8. The zero-order valence-electron chi connectivity index (χ0n) is 19.6. The van der Waals surface area contributed by atoms with E-state index in [1.54, 1.807) is 30.3 Å². The highest BCUT2D eigenvalue weighted by Crippen LogP contribution is 2.49. The van der Waals surface area contributed by atoms with E-state index in [4.69, 9.17) is 9.47 Å². The molecular weight excluding hydrogens is 453 g/mol. The zero-order valence-corrected chi connectivity index (χ0v) is 19.6. The van der Waals surface area contributed by atoms with Gasteiger partial charge in [-0.1, -0.05) is 0 Å². The number of benzene rings is 2. The number of carbonyl (C=O) groups is 2. The predicted molar refractivity (Wildman–Crippen MR) is 128 cm³/mol. The van der Waals surface area contributed by atoms with Crippen molar-refractivity contribution in [3.05, 3.63) is 76.1 Å². The number of ether oxygens (including phenoxy) is 2. The van der Waals surface area contributed by atoms with Crippen molar-refractivity contribution in [2.75, 3.05) is 24.8 Å². The Kier molecular flexibility index (Phi) is 5.43. The van der Waals surface area contributed by atoms with Gasteiger partial charge in [-0.3, -0.25) is 9.89 Å². The highest BCUT2D eigenvalue weighted by atomic mass is 19.1. The number of aromatic amines is 1. The van der Waals surface area contributed by atoms with Crippen molar-refractivity contribution in [1.82, 2.24) is 15.5 Å². The number of aromatic nitrogens is 2. The van der Waals surface area contributed by atoms with Crippen LogP contribution in [0.1, 0.15) is 44.8 Å². The number of fused-ring (bicyclic) bond motifs is 2. The number of halogens is 1. The Morgan fingerprint density at radius 1 is 1.26 bits per heavy atom. The Morgan fingerprint density at radius 3 is 2.74 bits per heavy atom. The number of allylic oxidation sites excluding steroid dienone is 1. The number of hydrogen-bond donors (Lipinski definition) is 4. The SMILES string of the molecule is CNC(=O)Nc1ccc2c(c1)C(=O)/C(=C/C1c3cc(OC)cc(F)c3NC1c1c(C)n[nH]c1C)O2. The largest absolute Gasteiger partial charge is 0.497 e. The lowest BCUT2D eigenvalue weighted by atomic mass is 9.88. The molecule has 0 radical (unpaired) electrons. The first kappa shape index (κ1) is 22.5. The van der Waals surface area contributed by atoms with Gasteiger partial charge < -0.3 is 25.4 Å². The van der Waals surface area contributed by atoms with Gasteiger partial charge in [-0.25, -0.2) is 9.18 Å². The van der Waals surface area contributed by atoms with Crippen LogP contribution in [0, 0.1) is 19.7 Å². The number of ketones is 1. The standard InChI is InChI=1S/C25H24FN5O4/c1-11-21(12(2)31-30-11)23-16(15-8-14(34-4)9-18(26)22(15)29-23)10-20-24(32)17-7-13(28-25(33)27-3)5-6-19(17)35-20/h5-10,16,23,29H,1-4H3,(H,30,31)(H2,27,28,33)/b20-10-. The molecule has 0 aliphatic carbocycles. The van der Waals surface area contributed by atoms with Crippen LogP contribution in [-0.4, -0.2) is 36.2 Å². The fraction of sp³-hybridized carbons (Fsp3) is 0.240. The quantitative estimate of drug-likeness (QED) is 0.416. The third kappa shape index (κ3) is 3.76. The van der Waals surface area contributed by atoms with Gasteiger partial charge in [-0.05, 0) is 49.8 Å². The summed E-state index contributed by atoms with van der Waals surface area (Å²) in [6, 6.07) is 7.15. The summed E-state index contributed by atoms with van der Waals surface area (Å²) in [5.41, 5.74) is 4.29. The lowest BCUT2D eigenvalue weighted by molar-refractivity contribution is 0.101. The molecule has 3 aromatic rings. The van der Waals surface area contributed by atoms with Crippen molar-refractivity contribution in [2.45, 2.75) is 25.8 Å². The van der Waals surface area contributed by atoms with Crippen LogP contribution in [-0.2, 0) is 0 Å². The number of nitrogens with zero attached hydrogens (tertiary/aromatic N) is 1. The van der Waals surface area contributed by atoms with E-state index in [-0.39, 0.29) is 17.6 Å². The molecule has 4 N–H and O–H groups in total. The van der Waals surface area contributed by atoms with Crippen LogP contribution < -0.4 is 25.4 Å². The molecule has 0 saturated carbocycles. The van der Waals surface area contributed by atoms with E-state index in [1.165, 1.54) is 20.2 Å². The van der Waals surface area contributed by atoms with E-state index >= 15 is 0 Å². The second kappa shape index (κ2) is 8.46. The van der Waals surface area contributed by atoms with E-state index in [9.17, 15) is 14.0 Å². The van der Waals surface area contributed by atoms with Gasteiger partial charge in [0.2, 0.25) is 5.78 Å². The average Bonchev–Trinajstić information content (AvgIpc) is 3.47. The predicted octanol–water partition coefficient (Wildman–Crippen LogP) is 4.34. The van der Waals surface area contributed by atoms with Crippen molar-refractivity contribution in [1.29, 1.82) is 0 Å². The van der Waals surface area contributed by atoms with Crippen molar-refractivity contribution < 1.29 is 23.5 Å². The number of nitrogens with one attached hydrogen (secondary N) is 4. The summed E-state index contributed by atoms with van der Waals surface area (Å²) in [5.74, 6) is -0.323. The molecule has 5 rings (SSSR count). The Bertz CT molecular complexity index is 1380. The highest BCUT2D eigenvalue weighted by Gasteiger charge is 2.39. The fourth-order valence-corrected chi connectivity index (χ4v) is 4.65. The molecule has 3 heterocycles. The minimum atomic E-state index is -0.448. The van der Waals surface area contributed by atoms with E-state index in [2.05, 4.69) is 26.1 Å². The molecule has 2 amide bonds. The number of aryl methyl sites for hydroxylation is 2. The van der Waals surface area contributed by atoms with Crippen LogP contribution in [0.15, 0.2) is 42.2 Å². The van der Waals surface area contributed by atoms with Gasteiger partial charge in [-0.2, -0.15) is 5.10 Å². The molecule has 2 unspecified atom stereocenters. The molecule has 0 fully saturated rings. The summed E-state index contributed by atoms with van der Waals surface area (Å²) in [4.78, 5) is 24.9. The smallest absolute Gasteiger partial charge is 0.318 e. The fourth-order valence-electron chi connectivity index (χ4n) is 4.65. The van der Waals surface area contributed by atoms with Crippen LogP contribution in [0.3, 0.4) is 0 Å². The molecule has 2 aliphatic rings. The van der Waals surface area contributed by atoms with Crippen molar-refractivity contribution in [3.8, 4) is 11.5 Å². The van der Waals surface area contributed by atoms with Crippen LogP contribution >= 0.6 is 0 Å². The minimum Gasteiger partial charge on any atom is -0.497 e. The number of carbonyl (C=O) groups excluding carboxylic acids is 2.